The first-order chi connectivity index (χ1) is 16.6. The second-order valence-corrected chi connectivity index (χ2v) is 16.3. The van der Waals surface area contributed by atoms with Crippen LogP contribution in [0.3, 0.4) is 0 Å². The highest BCUT2D eigenvalue weighted by Gasteiger charge is 2.59. The van der Waals surface area contributed by atoms with Gasteiger partial charge in [0.05, 0.1) is 21.9 Å². The van der Waals surface area contributed by atoms with Gasteiger partial charge in [-0.25, -0.2) is 4.79 Å². The summed E-state index contributed by atoms with van der Waals surface area (Å²) < 4.78 is 17.0. The van der Waals surface area contributed by atoms with Gasteiger partial charge in [0.2, 0.25) is 5.91 Å². The monoisotopic (exact) mass is 536 g/mol. The number of nitrogens with zero attached hydrogens (tertiary/aromatic N) is 2. The summed E-state index contributed by atoms with van der Waals surface area (Å²) in [7, 11) is -2.13. The molecule has 1 saturated heterocycles. The molecule has 3 atom stereocenters. The molecule has 0 aromatic heterocycles. The molecule has 2 heterocycles. The number of nitro benzene ring substituents is 1. The van der Waals surface area contributed by atoms with E-state index in [9.17, 15) is 24.5 Å². The smallest absolute Gasteiger partial charge is 0.356 e. The van der Waals surface area contributed by atoms with Gasteiger partial charge in [-0.15, -0.1) is 0 Å². The zero-order chi connectivity index (χ0) is 27.0. The SMILES string of the molecule is CC(=O)OCC1=C(C(=O)OCc2ccc([N+](=O)[O-])cc2)N2C(=O)[C@H]([C@@H](C)O[Si](C)(C)C(C)(C)C)[C@H]2S1. The van der Waals surface area contributed by atoms with Gasteiger partial charge >= 0.3 is 11.9 Å². The molecular weight excluding hydrogens is 504 g/mol. The number of hydrogen-bond acceptors (Lipinski definition) is 9. The molecule has 0 aliphatic carbocycles. The number of fused-ring (bicyclic) bond motifs is 1. The third-order valence-corrected chi connectivity index (χ3v) is 12.7. The lowest BCUT2D eigenvalue weighted by Crippen LogP contribution is -2.62. The van der Waals surface area contributed by atoms with E-state index in [2.05, 4.69) is 33.9 Å². The summed E-state index contributed by atoms with van der Waals surface area (Å²) in [5.41, 5.74) is 0.550. The summed E-state index contributed by atoms with van der Waals surface area (Å²) in [6.45, 7) is 13.5. The lowest BCUT2D eigenvalue weighted by Gasteiger charge is -2.48. The van der Waals surface area contributed by atoms with Crippen molar-refractivity contribution < 1.29 is 33.2 Å². The first kappa shape index (κ1) is 27.9. The summed E-state index contributed by atoms with van der Waals surface area (Å²) in [4.78, 5) is 49.9. The van der Waals surface area contributed by atoms with E-state index in [0.717, 1.165) is 0 Å². The summed E-state index contributed by atoms with van der Waals surface area (Å²) in [5.74, 6) is -1.92. The third kappa shape index (κ3) is 5.65. The number of benzene rings is 1. The molecular formula is C24H32N2O8SSi. The molecule has 0 saturated carbocycles. The van der Waals surface area contributed by atoms with Gasteiger partial charge < -0.3 is 13.9 Å². The molecule has 0 spiro atoms. The lowest BCUT2D eigenvalue weighted by molar-refractivity contribution is -0.384. The van der Waals surface area contributed by atoms with E-state index in [0.29, 0.717) is 10.5 Å². The Balaban J connectivity index is 1.75. The van der Waals surface area contributed by atoms with Crippen LogP contribution < -0.4 is 0 Å². The summed E-state index contributed by atoms with van der Waals surface area (Å²) >= 11 is 1.31. The van der Waals surface area contributed by atoms with Gasteiger partial charge in [0.15, 0.2) is 8.32 Å². The molecule has 3 rings (SSSR count). The number of carbonyl (C=O) groups is 3. The van der Waals surface area contributed by atoms with Gasteiger partial charge in [-0.05, 0) is 42.8 Å². The number of esters is 2. The van der Waals surface area contributed by atoms with Gasteiger partial charge in [-0.3, -0.25) is 24.6 Å². The molecule has 2 aliphatic rings. The van der Waals surface area contributed by atoms with Gasteiger partial charge in [0.1, 0.15) is 24.3 Å². The van der Waals surface area contributed by atoms with E-state index in [4.69, 9.17) is 13.9 Å². The Bertz CT molecular complexity index is 1100. The maximum atomic E-state index is 13.2. The molecule has 1 amide bonds. The maximum Gasteiger partial charge on any atom is 0.356 e. The normalized spacial score (nSPS) is 20.5. The van der Waals surface area contributed by atoms with Gasteiger partial charge in [0, 0.05) is 19.1 Å². The fourth-order valence-corrected chi connectivity index (χ4v) is 6.69. The van der Waals surface area contributed by atoms with Gasteiger partial charge in [-0.1, -0.05) is 32.5 Å². The number of nitro groups is 1. The number of rotatable bonds is 9. The van der Waals surface area contributed by atoms with Crippen molar-refractivity contribution in [2.45, 2.75) is 70.8 Å². The van der Waals surface area contributed by atoms with Gasteiger partial charge in [0.25, 0.3) is 5.69 Å². The van der Waals surface area contributed by atoms with Crippen LogP contribution in [0, 0.1) is 16.0 Å². The number of non-ortho nitro benzene ring substituents is 1. The molecule has 0 unspecified atom stereocenters. The number of amides is 1. The van der Waals surface area contributed by atoms with Crippen molar-refractivity contribution in [2.75, 3.05) is 6.61 Å². The molecule has 1 aromatic rings. The lowest BCUT2D eigenvalue weighted by atomic mass is 9.92. The Morgan fingerprint density at radius 3 is 2.31 bits per heavy atom. The van der Waals surface area contributed by atoms with E-state index in [1.807, 2.05) is 6.92 Å². The Morgan fingerprint density at radius 2 is 1.78 bits per heavy atom. The number of ether oxygens (including phenoxy) is 2. The fraction of sp³-hybridized carbons (Fsp3) is 0.542. The minimum atomic E-state index is -2.13. The molecule has 0 N–H and O–H groups in total. The zero-order valence-electron chi connectivity index (χ0n) is 21.5. The van der Waals surface area contributed by atoms with Crippen LogP contribution in [0.1, 0.15) is 40.2 Å². The predicted octanol–water partition coefficient (Wildman–Crippen LogP) is 4.35. The van der Waals surface area contributed by atoms with Crippen LogP contribution in [0.4, 0.5) is 5.69 Å². The first-order valence-electron chi connectivity index (χ1n) is 11.6. The predicted molar refractivity (Wildman–Crippen MR) is 136 cm³/mol. The standard InChI is InChI=1S/C24H32N2O8SSi/c1-14(34-36(6,7)24(3,4)5)19-21(28)25-20(18(35-22(19)25)13-32-15(2)27)23(29)33-12-16-8-10-17(11-9-16)26(30)31/h8-11,14,19,22H,12-13H2,1-7H3/t14-,19+,22-/m1/s1. The summed E-state index contributed by atoms with van der Waals surface area (Å²) in [5, 5.41) is 10.5. The highest BCUT2D eigenvalue weighted by atomic mass is 32.2. The Labute approximate surface area is 215 Å². The van der Waals surface area contributed by atoms with Crippen molar-refractivity contribution in [3.8, 4) is 0 Å². The van der Waals surface area contributed by atoms with Crippen molar-refractivity contribution in [1.29, 1.82) is 0 Å². The fourth-order valence-electron chi connectivity index (χ4n) is 3.75. The van der Waals surface area contributed by atoms with E-state index >= 15 is 0 Å². The minimum Gasteiger partial charge on any atom is -0.460 e. The quantitative estimate of drug-likeness (QED) is 0.149. The van der Waals surface area contributed by atoms with Crippen molar-refractivity contribution in [1.82, 2.24) is 4.90 Å². The molecule has 1 aromatic carbocycles. The number of β-lactam (4-membered cyclic amide) rings is 1. The molecule has 0 radical (unpaired) electrons. The minimum absolute atomic E-state index is 0.0257. The van der Waals surface area contributed by atoms with Crippen molar-refractivity contribution in [2.24, 2.45) is 5.92 Å². The van der Waals surface area contributed by atoms with Crippen LogP contribution in [0.25, 0.3) is 0 Å². The molecule has 196 valence electrons. The highest BCUT2D eigenvalue weighted by molar-refractivity contribution is 8.04. The van der Waals surface area contributed by atoms with E-state index < -0.39 is 31.1 Å². The Kier molecular flexibility index (Phi) is 8.01. The van der Waals surface area contributed by atoms with Crippen molar-refractivity contribution in [3.63, 3.8) is 0 Å². The van der Waals surface area contributed by atoms with E-state index in [1.54, 1.807) is 0 Å². The van der Waals surface area contributed by atoms with Gasteiger partial charge in [-0.2, -0.15) is 0 Å². The average molecular weight is 537 g/mol. The maximum absolute atomic E-state index is 13.2. The molecule has 10 nitrogen and oxygen atoms in total. The van der Waals surface area contributed by atoms with Crippen LogP contribution in [0.2, 0.25) is 18.1 Å². The Morgan fingerprint density at radius 1 is 1.17 bits per heavy atom. The zero-order valence-corrected chi connectivity index (χ0v) is 23.3. The van der Waals surface area contributed by atoms with Crippen LogP contribution in [-0.4, -0.2) is 54.1 Å². The van der Waals surface area contributed by atoms with Crippen LogP contribution >= 0.6 is 11.8 Å². The topological polar surface area (TPSA) is 125 Å². The molecule has 12 heteroatoms. The number of hydrogen-bond donors (Lipinski definition) is 0. The van der Waals surface area contributed by atoms with E-state index in [-0.39, 0.29) is 47.0 Å². The van der Waals surface area contributed by atoms with Crippen molar-refractivity contribution in [3.05, 3.63) is 50.5 Å². The Hall–Kier alpha value is -2.70. The van der Waals surface area contributed by atoms with Crippen LogP contribution in [0.5, 0.6) is 0 Å². The van der Waals surface area contributed by atoms with Crippen LogP contribution in [0.15, 0.2) is 34.9 Å². The molecule has 2 aliphatic heterocycles. The van der Waals surface area contributed by atoms with Crippen molar-refractivity contribution >= 4 is 43.6 Å². The molecule has 36 heavy (non-hydrogen) atoms. The average Bonchev–Trinajstić information content (AvgIpc) is 3.09. The van der Waals surface area contributed by atoms with Crippen LogP contribution in [-0.2, 0) is 34.9 Å². The first-order valence-corrected chi connectivity index (χ1v) is 15.4. The molecule has 1 fully saturated rings. The number of thioether (sulfide) groups is 1. The molecule has 0 bridgehead atoms. The van der Waals surface area contributed by atoms with E-state index in [1.165, 1.54) is 47.9 Å². The second kappa shape index (κ2) is 10.3. The largest absolute Gasteiger partial charge is 0.460 e. The summed E-state index contributed by atoms with van der Waals surface area (Å²) in [6, 6.07) is 5.64. The summed E-state index contributed by atoms with van der Waals surface area (Å²) in [6.07, 6.45) is -0.349. The highest BCUT2D eigenvalue weighted by Crippen LogP contribution is 2.52. The second-order valence-electron chi connectivity index (χ2n) is 10.4. The third-order valence-electron chi connectivity index (χ3n) is 6.76. The number of carbonyl (C=O) groups excluding carboxylic acids is 3.